The summed E-state index contributed by atoms with van der Waals surface area (Å²) in [6.45, 7) is 4.09. The molecule has 1 fully saturated rings. The molecule has 1 aliphatic heterocycles. The van der Waals surface area contributed by atoms with Crippen molar-refractivity contribution in [1.82, 2.24) is 0 Å². The lowest BCUT2D eigenvalue weighted by molar-refractivity contribution is 0.0527. The average Bonchev–Trinajstić information content (AvgIpc) is 2.63. The van der Waals surface area contributed by atoms with E-state index < -0.39 is 0 Å². The number of ether oxygens (including phenoxy) is 1. The van der Waals surface area contributed by atoms with Gasteiger partial charge < -0.3 is 15.4 Å². The molecular formula is C21H26N2O2. The van der Waals surface area contributed by atoms with Gasteiger partial charge in [0.2, 0.25) is 0 Å². The molecule has 0 amide bonds. The number of hydrogen-bond donors (Lipinski definition) is 1. The van der Waals surface area contributed by atoms with Crippen molar-refractivity contribution < 1.29 is 9.53 Å². The molecule has 1 heterocycles. The number of benzene rings is 2. The molecule has 2 N–H and O–H groups in total. The summed E-state index contributed by atoms with van der Waals surface area (Å²) in [6.07, 6.45) is 3.38. The van der Waals surface area contributed by atoms with Crippen molar-refractivity contribution in [3.8, 4) is 0 Å². The normalized spacial score (nSPS) is 15.2. The molecule has 0 bridgehead atoms. The Morgan fingerprint density at radius 3 is 2.56 bits per heavy atom. The van der Waals surface area contributed by atoms with E-state index in [4.69, 9.17) is 10.5 Å². The molecule has 2 aromatic carbocycles. The topological polar surface area (TPSA) is 55.6 Å². The van der Waals surface area contributed by atoms with Crippen molar-refractivity contribution in [3.05, 3.63) is 59.7 Å². The second-order valence-corrected chi connectivity index (χ2v) is 6.62. The van der Waals surface area contributed by atoms with E-state index >= 15 is 0 Å². The Morgan fingerprint density at radius 2 is 1.88 bits per heavy atom. The Kier molecular flexibility index (Phi) is 5.59. The van der Waals surface area contributed by atoms with Gasteiger partial charge in [0.1, 0.15) is 0 Å². The summed E-state index contributed by atoms with van der Waals surface area (Å²) in [4.78, 5) is 14.5. The minimum absolute atomic E-state index is 0.295. The molecule has 1 aliphatic rings. The molecule has 4 heteroatoms. The molecule has 0 aliphatic carbocycles. The molecule has 0 aromatic heterocycles. The SMILES string of the molecule is CCOC(=O)c1cc(N)ccc1N1CCC(Cc2ccccc2)CC1. The number of hydrogen-bond acceptors (Lipinski definition) is 4. The van der Waals surface area contributed by atoms with Crippen LogP contribution in [0.2, 0.25) is 0 Å². The summed E-state index contributed by atoms with van der Waals surface area (Å²) in [5, 5.41) is 0. The Balaban J connectivity index is 1.67. The Bertz CT molecular complexity index is 707. The lowest BCUT2D eigenvalue weighted by Gasteiger charge is -2.34. The number of carbonyl (C=O) groups excluding carboxylic acids is 1. The third kappa shape index (κ3) is 4.32. The maximum atomic E-state index is 12.3. The van der Waals surface area contributed by atoms with Crippen molar-refractivity contribution in [2.45, 2.75) is 26.2 Å². The first-order chi connectivity index (χ1) is 12.2. The number of nitrogen functional groups attached to an aromatic ring is 1. The van der Waals surface area contributed by atoms with Gasteiger partial charge in [-0.3, -0.25) is 0 Å². The van der Waals surface area contributed by atoms with Gasteiger partial charge >= 0.3 is 5.97 Å². The second-order valence-electron chi connectivity index (χ2n) is 6.62. The number of esters is 1. The quantitative estimate of drug-likeness (QED) is 0.663. The molecule has 0 atom stereocenters. The van der Waals surface area contributed by atoms with Crippen LogP contribution in [-0.2, 0) is 11.2 Å². The number of nitrogens with two attached hydrogens (primary N) is 1. The summed E-state index contributed by atoms with van der Waals surface area (Å²) >= 11 is 0. The zero-order chi connectivity index (χ0) is 17.6. The van der Waals surface area contributed by atoms with Crippen LogP contribution in [-0.4, -0.2) is 25.7 Å². The third-order valence-electron chi connectivity index (χ3n) is 4.84. The summed E-state index contributed by atoms with van der Waals surface area (Å²) in [6, 6.07) is 16.2. The largest absolute Gasteiger partial charge is 0.462 e. The minimum Gasteiger partial charge on any atom is -0.462 e. The van der Waals surface area contributed by atoms with Crippen LogP contribution in [0.4, 0.5) is 11.4 Å². The van der Waals surface area contributed by atoms with E-state index in [1.807, 2.05) is 19.1 Å². The molecule has 2 aromatic rings. The van der Waals surface area contributed by atoms with Gasteiger partial charge in [0.15, 0.2) is 0 Å². The van der Waals surface area contributed by atoms with Crippen LogP contribution in [0.1, 0.15) is 35.7 Å². The molecular weight excluding hydrogens is 312 g/mol. The van der Waals surface area contributed by atoms with E-state index in [0.717, 1.165) is 38.0 Å². The average molecular weight is 338 g/mol. The van der Waals surface area contributed by atoms with E-state index in [1.54, 1.807) is 6.07 Å². The smallest absolute Gasteiger partial charge is 0.340 e. The highest BCUT2D eigenvalue weighted by molar-refractivity contribution is 5.97. The van der Waals surface area contributed by atoms with E-state index in [0.29, 0.717) is 23.8 Å². The minimum atomic E-state index is -0.295. The van der Waals surface area contributed by atoms with Gasteiger partial charge in [-0.25, -0.2) is 4.79 Å². The van der Waals surface area contributed by atoms with Gasteiger partial charge in [-0.1, -0.05) is 30.3 Å². The predicted octanol–water partition coefficient (Wildman–Crippen LogP) is 3.90. The number of piperidine rings is 1. The standard InChI is InChI=1S/C21H26N2O2/c1-2-25-21(24)19-15-18(22)8-9-20(19)23-12-10-17(11-13-23)14-16-6-4-3-5-7-16/h3-9,15,17H,2,10-14,22H2,1H3. The maximum Gasteiger partial charge on any atom is 0.340 e. The van der Waals surface area contributed by atoms with Crippen LogP contribution in [0.25, 0.3) is 0 Å². The zero-order valence-corrected chi connectivity index (χ0v) is 14.8. The first kappa shape index (κ1) is 17.3. The Morgan fingerprint density at radius 1 is 1.16 bits per heavy atom. The van der Waals surface area contributed by atoms with Crippen LogP contribution in [0.15, 0.2) is 48.5 Å². The third-order valence-corrected chi connectivity index (χ3v) is 4.84. The highest BCUT2D eigenvalue weighted by atomic mass is 16.5. The predicted molar refractivity (Wildman–Crippen MR) is 102 cm³/mol. The van der Waals surface area contributed by atoms with Crippen LogP contribution in [0.5, 0.6) is 0 Å². The van der Waals surface area contributed by atoms with Gasteiger partial charge in [-0.2, -0.15) is 0 Å². The van der Waals surface area contributed by atoms with E-state index in [9.17, 15) is 4.79 Å². The number of nitrogens with zero attached hydrogens (tertiary/aromatic N) is 1. The fraction of sp³-hybridized carbons (Fsp3) is 0.381. The summed E-state index contributed by atoms with van der Waals surface area (Å²) in [5.41, 5.74) is 9.37. The van der Waals surface area contributed by atoms with Crippen molar-refractivity contribution in [2.75, 3.05) is 30.3 Å². The van der Waals surface area contributed by atoms with E-state index in [1.165, 1.54) is 5.56 Å². The van der Waals surface area contributed by atoms with Gasteiger partial charge in [-0.15, -0.1) is 0 Å². The van der Waals surface area contributed by atoms with Gasteiger partial charge in [-0.05, 0) is 55.9 Å². The lowest BCUT2D eigenvalue weighted by Crippen LogP contribution is -2.35. The van der Waals surface area contributed by atoms with Gasteiger partial charge in [0.05, 0.1) is 17.9 Å². The van der Waals surface area contributed by atoms with E-state index in [2.05, 4.69) is 35.2 Å². The van der Waals surface area contributed by atoms with Crippen LogP contribution < -0.4 is 10.6 Å². The van der Waals surface area contributed by atoms with Gasteiger partial charge in [0, 0.05) is 18.8 Å². The van der Waals surface area contributed by atoms with Crippen LogP contribution >= 0.6 is 0 Å². The summed E-state index contributed by atoms with van der Waals surface area (Å²) in [5.74, 6) is 0.398. The molecule has 132 valence electrons. The molecule has 0 saturated carbocycles. The fourth-order valence-corrected chi connectivity index (χ4v) is 3.53. The van der Waals surface area contributed by atoms with Crippen molar-refractivity contribution in [3.63, 3.8) is 0 Å². The van der Waals surface area contributed by atoms with Crippen molar-refractivity contribution in [1.29, 1.82) is 0 Å². The molecule has 0 spiro atoms. The highest BCUT2D eigenvalue weighted by Crippen LogP contribution is 2.29. The molecule has 0 radical (unpaired) electrons. The van der Waals surface area contributed by atoms with Crippen LogP contribution in [0.3, 0.4) is 0 Å². The second kappa shape index (κ2) is 8.06. The monoisotopic (exact) mass is 338 g/mol. The number of rotatable bonds is 5. The molecule has 3 rings (SSSR count). The first-order valence-electron chi connectivity index (χ1n) is 9.03. The molecule has 1 saturated heterocycles. The summed E-state index contributed by atoms with van der Waals surface area (Å²) < 4.78 is 5.19. The maximum absolute atomic E-state index is 12.3. The zero-order valence-electron chi connectivity index (χ0n) is 14.8. The van der Waals surface area contributed by atoms with Crippen molar-refractivity contribution in [2.24, 2.45) is 5.92 Å². The molecule has 25 heavy (non-hydrogen) atoms. The highest BCUT2D eigenvalue weighted by Gasteiger charge is 2.23. The lowest BCUT2D eigenvalue weighted by atomic mass is 9.90. The van der Waals surface area contributed by atoms with Crippen molar-refractivity contribution >= 4 is 17.3 Å². The summed E-state index contributed by atoms with van der Waals surface area (Å²) in [7, 11) is 0. The Hall–Kier alpha value is -2.49. The van der Waals surface area contributed by atoms with Crippen LogP contribution in [0, 0.1) is 5.92 Å². The fourth-order valence-electron chi connectivity index (χ4n) is 3.53. The van der Waals surface area contributed by atoms with E-state index in [-0.39, 0.29) is 5.97 Å². The Labute approximate surface area is 149 Å². The first-order valence-corrected chi connectivity index (χ1v) is 9.03. The molecule has 4 nitrogen and oxygen atoms in total. The molecule has 0 unspecified atom stereocenters. The van der Waals surface area contributed by atoms with Gasteiger partial charge in [0.25, 0.3) is 0 Å². The number of anilines is 2. The number of carbonyl (C=O) groups is 1.